The summed E-state index contributed by atoms with van der Waals surface area (Å²) < 4.78 is 25.4. The molecule has 1 aliphatic heterocycles. The fourth-order valence-corrected chi connectivity index (χ4v) is 5.79. The molecule has 0 N–H and O–H groups in total. The molecule has 0 radical (unpaired) electrons. The zero-order valence-corrected chi connectivity index (χ0v) is 12.1. The normalized spacial score (nSPS) is 29.4. The van der Waals surface area contributed by atoms with Gasteiger partial charge >= 0.3 is 0 Å². The molecule has 1 heterocycles. The van der Waals surface area contributed by atoms with Crippen LogP contribution in [0.2, 0.25) is 0 Å². The molecular weight excluding hydrogens is 268 g/mol. The van der Waals surface area contributed by atoms with Crippen molar-refractivity contribution in [1.82, 2.24) is 0 Å². The van der Waals surface area contributed by atoms with Crippen LogP contribution in [0, 0.1) is 5.92 Å². The van der Waals surface area contributed by atoms with Gasteiger partial charge in [0.05, 0.1) is 10.1 Å². The van der Waals surface area contributed by atoms with Gasteiger partial charge in [-0.05, 0) is 42.0 Å². The van der Waals surface area contributed by atoms with Crippen LogP contribution < -0.4 is 0 Å². The van der Waals surface area contributed by atoms with Crippen molar-refractivity contribution >= 4 is 9.84 Å². The zero-order chi connectivity index (χ0) is 13.9. The number of rotatable bonds is 0. The van der Waals surface area contributed by atoms with Gasteiger partial charge in [0, 0.05) is 5.92 Å². The molecule has 3 heteroatoms. The summed E-state index contributed by atoms with van der Waals surface area (Å²) in [6.45, 7) is 1.87. The lowest BCUT2D eigenvalue weighted by molar-refractivity contribution is 0.451. The van der Waals surface area contributed by atoms with E-state index in [4.69, 9.17) is 0 Å². The molecule has 4 rings (SSSR count). The Hall–Kier alpha value is -1.61. The summed E-state index contributed by atoms with van der Waals surface area (Å²) in [6, 6.07) is 15.9. The molecule has 2 nitrogen and oxygen atoms in total. The molecule has 0 saturated heterocycles. The highest BCUT2D eigenvalue weighted by Gasteiger charge is 2.47. The molecule has 0 aromatic heterocycles. The summed E-state index contributed by atoms with van der Waals surface area (Å²) >= 11 is 0. The number of benzene rings is 2. The maximum atomic E-state index is 12.7. The van der Waals surface area contributed by atoms with E-state index in [9.17, 15) is 8.42 Å². The maximum Gasteiger partial charge on any atom is 0.181 e. The Balaban J connectivity index is 2.03. The van der Waals surface area contributed by atoms with E-state index < -0.39 is 9.84 Å². The Kier molecular flexibility index (Phi) is 2.40. The van der Waals surface area contributed by atoms with Gasteiger partial charge in [-0.2, -0.15) is 0 Å². The predicted molar refractivity (Wildman–Crippen MR) is 78.6 cm³/mol. The van der Waals surface area contributed by atoms with Gasteiger partial charge in [0.15, 0.2) is 9.84 Å². The lowest BCUT2D eigenvalue weighted by Gasteiger charge is -2.33. The quantitative estimate of drug-likeness (QED) is 0.744. The van der Waals surface area contributed by atoms with Gasteiger partial charge < -0.3 is 0 Å². The van der Waals surface area contributed by atoms with Crippen LogP contribution in [0.4, 0.5) is 0 Å². The third-order valence-corrected chi connectivity index (χ3v) is 7.24. The average molecular weight is 284 g/mol. The van der Waals surface area contributed by atoms with Crippen LogP contribution in [-0.2, 0) is 16.3 Å². The molecule has 2 aliphatic rings. The van der Waals surface area contributed by atoms with Crippen LogP contribution in [0.5, 0.6) is 0 Å². The summed E-state index contributed by atoms with van der Waals surface area (Å²) in [5.74, 6) is 0.410. The van der Waals surface area contributed by atoms with Gasteiger partial charge in [-0.25, -0.2) is 8.42 Å². The Bertz CT molecular complexity index is 792. The van der Waals surface area contributed by atoms with Gasteiger partial charge in [-0.1, -0.05) is 42.5 Å². The number of sulfone groups is 1. The third kappa shape index (κ3) is 1.41. The van der Waals surface area contributed by atoms with Crippen LogP contribution in [0.3, 0.4) is 0 Å². The van der Waals surface area contributed by atoms with E-state index in [1.165, 1.54) is 11.1 Å². The maximum absolute atomic E-state index is 12.7. The molecule has 0 bridgehead atoms. The monoisotopic (exact) mass is 284 g/mol. The molecule has 1 aliphatic carbocycles. The summed E-state index contributed by atoms with van der Waals surface area (Å²) in [5.41, 5.74) is 3.61. The molecule has 3 atom stereocenters. The van der Waals surface area contributed by atoms with Gasteiger partial charge in [-0.3, -0.25) is 0 Å². The SMILES string of the molecule is CC1C2Cc3ccccc3C2c2ccccc2S1(=O)=O. The highest BCUT2D eigenvalue weighted by molar-refractivity contribution is 7.92. The van der Waals surface area contributed by atoms with Crippen molar-refractivity contribution < 1.29 is 8.42 Å². The Morgan fingerprint density at radius 2 is 1.60 bits per heavy atom. The van der Waals surface area contributed by atoms with Crippen LogP contribution in [-0.4, -0.2) is 13.7 Å². The molecule has 0 fully saturated rings. The molecule has 0 amide bonds. The Labute approximate surface area is 119 Å². The van der Waals surface area contributed by atoms with Gasteiger partial charge in [0.25, 0.3) is 0 Å². The lowest BCUT2D eigenvalue weighted by atomic mass is 9.83. The van der Waals surface area contributed by atoms with Crippen LogP contribution in [0.15, 0.2) is 53.4 Å². The van der Waals surface area contributed by atoms with E-state index in [0.29, 0.717) is 4.90 Å². The molecule has 2 aromatic carbocycles. The van der Waals surface area contributed by atoms with Crippen molar-refractivity contribution in [1.29, 1.82) is 0 Å². The second-order valence-electron chi connectivity index (χ2n) is 5.83. The van der Waals surface area contributed by atoms with E-state index in [1.807, 2.05) is 31.2 Å². The minimum absolute atomic E-state index is 0.173. The lowest BCUT2D eigenvalue weighted by Crippen LogP contribution is -2.35. The van der Waals surface area contributed by atoms with Crippen molar-refractivity contribution in [2.24, 2.45) is 5.92 Å². The molecule has 0 saturated carbocycles. The van der Waals surface area contributed by atoms with Gasteiger partial charge in [0.1, 0.15) is 0 Å². The smallest absolute Gasteiger partial charge is 0.181 e. The van der Waals surface area contributed by atoms with Crippen molar-refractivity contribution in [3.63, 3.8) is 0 Å². The highest BCUT2D eigenvalue weighted by atomic mass is 32.2. The number of fused-ring (bicyclic) bond motifs is 5. The average Bonchev–Trinajstić information content (AvgIpc) is 2.85. The molecule has 2 aromatic rings. The summed E-state index contributed by atoms with van der Waals surface area (Å²) in [4.78, 5) is 0.533. The van der Waals surface area contributed by atoms with Crippen LogP contribution in [0.1, 0.15) is 29.5 Å². The minimum atomic E-state index is -3.19. The third-order valence-electron chi connectivity index (χ3n) is 4.93. The zero-order valence-electron chi connectivity index (χ0n) is 11.3. The first-order chi connectivity index (χ1) is 9.60. The van der Waals surface area contributed by atoms with Crippen molar-refractivity contribution in [2.75, 3.05) is 0 Å². The molecule has 20 heavy (non-hydrogen) atoms. The first-order valence-corrected chi connectivity index (χ1v) is 8.56. The van der Waals surface area contributed by atoms with E-state index >= 15 is 0 Å². The minimum Gasteiger partial charge on any atom is -0.223 e. The highest BCUT2D eigenvalue weighted by Crippen LogP contribution is 2.51. The first kappa shape index (κ1) is 12.2. The Morgan fingerprint density at radius 3 is 2.40 bits per heavy atom. The molecule has 102 valence electrons. The second kappa shape index (κ2) is 3.95. The van der Waals surface area contributed by atoms with E-state index in [2.05, 4.69) is 18.2 Å². The van der Waals surface area contributed by atoms with E-state index in [0.717, 1.165) is 12.0 Å². The fourth-order valence-electron chi connectivity index (χ4n) is 3.89. The molecular formula is C17H16O2S. The summed E-state index contributed by atoms with van der Waals surface area (Å²) in [5, 5.41) is -0.310. The topological polar surface area (TPSA) is 34.1 Å². The van der Waals surface area contributed by atoms with Crippen molar-refractivity contribution in [3.05, 3.63) is 65.2 Å². The standard InChI is InChI=1S/C17H16O2S/c1-11-15-10-12-6-2-3-7-13(12)17(15)14-8-4-5-9-16(14)20(11,18)19/h2-9,11,15,17H,10H2,1H3. The summed E-state index contributed by atoms with van der Waals surface area (Å²) in [6.07, 6.45) is 0.871. The van der Waals surface area contributed by atoms with Crippen LogP contribution in [0.25, 0.3) is 0 Å². The van der Waals surface area contributed by atoms with E-state index in [-0.39, 0.29) is 17.1 Å². The fraction of sp³-hybridized carbons (Fsp3) is 0.294. The van der Waals surface area contributed by atoms with Gasteiger partial charge in [0.2, 0.25) is 0 Å². The van der Waals surface area contributed by atoms with E-state index in [1.54, 1.807) is 6.07 Å². The molecule has 3 unspecified atom stereocenters. The summed E-state index contributed by atoms with van der Waals surface area (Å²) in [7, 11) is -3.19. The largest absolute Gasteiger partial charge is 0.223 e. The van der Waals surface area contributed by atoms with Crippen LogP contribution >= 0.6 is 0 Å². The van der Waals surface area contributed by atoms with Gasteiger partial charge in [-0.15, -0.1) is 0 Å². The predicted octanol–water partition coefficient (Wildman–Crippen LogP) is 3.17. The number of hydrogen-bond donors (Lipinski definition) is 0. The number of hydrogen-bond acceptors (Lipinski definition) is 2. The van der Waals surface area contributed by atoms with Crippen molar-refractivity contribution in [3.8, 4) is 0 Å². The second-order valence-corrected chi connectivity index (χ2v) is 8.11. The molecule has 0 spiro atoms. The van der Waals surface area contributed by atoms with Crippen molar-refractivity contribution in [2.45, 2.75) is 29.4 Å². The Morgan fingerprint density at radius 1 is 0.950 bits per heavy atom. The first-order valence-electron chi connectivity index (χ1n) is 7.01.